The SMILES string of the molecule is CC(C)(C)OC(=O)NC1CCS(=O)(=NC(=O)C(F)(F)F)CC1. The maximum atomic E-state index is 12.1. The van der Waals surface area contributed by atoms with Gasteiger partial charge in [0, 0.05) is 17.5 Å². The molecule has 1 saturated heterocycles. The molecule has 1 N–H and O–H groups in total. The molecule has 1 heterocycles. The molecule has 10 heteroatoms. The second kappa shape index (κ2) is 6.43. The van der Waals surface area contributed by atoms with Gasteiger partial charge >= 0.3 is 18.2 Å². The summed E-state index contributed by atoms with van der Waals surface area (Å²) in [7, 11) is -3.21. The first-order valence-electron chi connectivity index (χ1n) is 6.64. The van der Waals surface area contributed by atoms with Crippen LogP contribution in [0.15, 0.2) is 4.36 Å². The van der Waals surface area contributed by atoms with Crippen molar-refractivity contribution < 1.29 is 31.7 Å². The fraction of sp³-hybridized carbons (Fsp3) is 0.833. The summed E-state index contributed by atoms with van der Waals surface area (Å²) < 4.78 is 56.4. The summed E-state index contributed by atoms with van der Waals surface area (Å²) in [6, 6.07) is -0.361. The van der Waals surface area contributed by atoms with Crippen molar-refractivity contribution in [3.05, 3.63) is 0 Å². The summed E-state index contributed by atoms with van der Waals surface area (Å²) in [6.07, 6.45) is -5.41. The number of halogens is 3. The summed E-state index contributed by atoms with van der Waals surface area (Å²) in [4.78, 5) is 22.4. The molecule has 0 spiro atoms. The van der Waals surface area contributed by atoms with Gasteiger partial charge in [-0.2, -0.15) is 17.5 Å². The second-order valence-corrected chi connectivity index (χ2v) is 8.54. The molecule has 0 atom stereocenters. The number of hydrogen-bond donors (Lipinski definition) is 1. The Labute approximate surface area is 127 Å². The van der Waals surface area contributed by atoms with Gasteiger partial charge in [-0.1, -0.05) is 0 Å². The number of alkyl carbamates (subject to hydrolysis) is 1. The number of amides is 2. The second-order valence-electron chi connectivity index (χ2n) is 6.00. The highest BCUT2D eigenvalue weighted by Gasteiger charge is 2.40. The van der Waals surface area contributed by atoms with Crippen LogP contribution in [0, 0.1) is 0 Å². The van der Waals surface area contributed by atoms with E-state index in [2.05, 4.69) is 9.68 Å². The molecule has 128 valence electrons. The number of hydrogen-bond acceptors (Lipinski definition) is 4. The van der Waals surface area contributed by atoms with Crippen LogP contribution < -0.4 is 5.32 Å². The molecule has 22 heavy (non-hydrogen) atoms. The van der Waals surface area contributed by atoms with E-state index in [0.717, 1.165) is 0 Å². The first-order chi connectivity index (χ1) is 9.81. The van der Waals surface area contributed by atoms with Gasteiger partial charge in [-0.3, -0.25) is 4.79 Å². The van der Waals surface area contributed by atoms with Crippen LogP contribution in [0.3, 0.4) is 0 Å². The van der Waals surface area contributed by atoms with Crippen LogP contribution in [0.1, 0.15) is 33.6 Å². The molecule has 1 aliphatic rings. The lowest BCUT2D eigenvalue weighted by atomic mass is 10.1. The van der Waals surface area contributed by atoms with Gasteiger partial charge < -0.3 is 10.1 Å². The van der Waals surface area contributed by atoms with Gasteiger partial charge in [0.1, 0.15) is 5.60 Å². The topological polar surface area (TPSA) is 84.8 Å². The van der Waals surface area contributed by atoms with Crippen molar-refractivity contribution in [1.82, 2.24) is 5.32 Å². The summed E-state index contributed by atoms with van der Waals surface area (Å²) in [5.41, 5.74) is -0.666. The minimum absolute atomic E-state index is 0.171. The minimum Gasteiger partial charge on any atom is -0.444 e. The average Bonchev–Trinajstić information content (AvgIpc) is 2.28. The minimum atomic E-state index is -5.12. The molecule has 0 aromatic heterocycles. The van der Waals surface area contributed by atoms with E-state index in [1.54, 1.807) is 20.8 Å². The third-order valence-corrected chi connectivity index (χ3v) is 5.03. The fourth-order valence-corrected chi connectivity index (χ4v) is 3.91. The van der Waals surface area contributed by atoms with Crippen molar-refractivity contribution in [2.75, 3.05) is 11.5 Å². The van der Waals surface area contributed by atoms with Crippen molar-refractivity contribution in [2.24, 2.45) is 4.36 Å². The molecule has 0 saturated carbocycles. The largest absolute Gasteiger partial charge is 0.474 e. The maximum Gasteiger partial charge on any atom is 0.474 e. The third kappa shape index (κ3) is 6.20. The number of rotatable bonds is 1. The molecular formula is C12H19F3N2O4S. The summed E-state index contributed by atoms with van der Waals surface area (Å²) in [6.45, 7) is 5.09. The predicted molar refractivity (Wildman–Crippen MR) is 73.8 cm³/mol. The number of carbonyl (C=O) groups excluding carboxylic acids is 2. The van der Waals surface area contributed by atoms with Gasteiger partial charge in [0.2, 0.25) is 0 Å². The van der Waals surface area contributed by atoms with Crippen molar-refractivity contribution in [3.63, 3.8) is 0 Å². The number of nitrogens with zero attached hydrogens (tertiary/aromatic N) is 1. The van der Waals surface area contributed by atoms with Crippen molar-refractivity contribution in [2.45, 2.75) is 51.4 Å². The van der Waals surface area contributed by atoms with E-state index in [1.165, 1.54) is 0 Å². The van der Waals surface area contributed by atoms with Gasteiger partial charge in [0.25, 0.3) is 0 Å². The smallest absolute Gasteiger partial charge is 0.444 e. The lowest BCUT2D eigenvalue weighted by Gasteiger charge is -2.27. The molecule has 0 aromatic carbocycles. The van der Waals surface area contributed by atoms with Crippen LogP contribution in [0.5, 0.6) is 0 Å². The molecule has 2 amide bonds. The molecule has 0 aromatic rings. The van der Waals surface area contributed by atoms with E-state index in [-0.39, 0.29) is 30.4 Å². The van der Waals surface area contributed by atoms with Crippen LogP contribution in [-0.2, 0) is 19.3 Å². The summed E-state index contributed by atoms with van der Waals surface area (Å²) in [5, 5.41) is 2.56. The third-order valence-electron chi connectivity index (χ3n) is 2.78. The Kier molecular flexibility index (Phi) is 5.47. The van der Waals surface area contributed by atoms with E-state index in [0.29, 0.717) is 0 Å². The Balaban J connectivity index is 2.60. The molecule has 6 nitrogen and oxygen atoms in total. The molecule has 0 aliphatic carbocycles. The zero-order valence-corrected chi connectivity index (χ0v) is 13.3. The van der Waals surface area contributed by atoms with Crippen LogP contribution in [0.25, 0.3) is 0 Å². The molecular weight excluding hydrogens is 325 g/mol. The van der Waals surface area contributed by atoms with Crippen LogP contribution in [-0.4, -0.2) is 45.5 Å². The Bertz CT molecular complexity index is 546. The highest BCUT2D eigenvalue weighted by molar-refractivity contribution is 7.93. The maximum absolute atomic E-state index is 12.1. The zero-order valence-electron chi connectivity index (χ0n) is 12.5. The predicted octanol–water partition coefficient (Wildman–Crippen LogP) is 2.23. The number of nitrogens with one attached hydrogen (secondary N) is 1. The van der Waals surface area contributed by atoms with Gasteiger partial charge in [-0.15, -0.1) is 0 Å². The average molecular weight is 344 g/mol. The lowest BCUT2D eigenvalue weighted by molar-refractivity contribution is -0.169. The quantitative estimate of drug-likeness (QED) is 0.790. The molecule has 1 fully saturated rings. The first-order valence-corrected chi connectivity index (χ1v) is 8.49. The van der Waals surface area contributed by atoms with E-state index < -0.39 is 33.5 Å². The van der Waals surface area contributed by atoms with Gasteiger partial charge in [-0.05, 0) is 33.6 Å². The Morgan fingerprint density at radius 3 is 2.09 bits per heavy atom. The van der Waals surface area contributed by atoms with Gasteiger partial charge in [0.15, 0.2) is 0 Å². The number of carbonyl (C=O) groups is 2. The molecule has 0 radical (unpaired) electrons. The van der Waals surface area contributed by atoms with E-state index in [9.17, 15) is 27.0 Å². The molecule has 1 aliphatic heterocycles. The normalized spacial score (nSPS) is 26.2. The number of alkyl halides is 3. The fourth-order valence-electron chi connectivity index (χ4n) is 1.81. The van der Waals surface area contributed by atoms with E-state index >= 15 is 0 Å². The standard InChI is InChI=1S/C12H19F3N2O4S/c1-11(2,3)21-10(19)16-8-4-6-22(20,7-5-8)17-9(18)12(13,14)15/h8H,4-7H2,1-3H3,(H,16,19). The number of ether oxygens (including phenoxy) is 1. The Hall–Kier alpha value is -1.32. The van der Waals surface area contributed by atoms with Crippen LogP contribution >= 0.6 is 0 Å². The molecule has 0 bridgehead atoms. The van der Waals surface area contributed by atoms with Crippen LogP contribution in [0.2, 0.25) is 0 Å². The lowest BCUT2D eigenvalue weighted by Crippen LogP contribution is -2.43. The summed E-state index contributed by atoms with van der Waals surface area (Å²) >= 11 is 0. The van der Waals surface area contributed by atoms with Crippen molar-refractivity contribution in [1.29, 1.82) is 0 Å². The van der Waals surface area contributed by atoms with E-state index in [4.69, 9.17) is 4.74 Å². The Morgan fingerprint density at radius 1 is 1.18 bits per heavy atom. The van der Waals surface area contributed by atoms with Gasteiger partial charge in [0.05, 0.1) is 9.73 Å². The van der Waals surface area contributed by atoms with Gasteiger partial charge in [-0.25, -0.2) is 9.00 Å². The van der Waals surface area contributed by atoms with E-state index in [1.807, 2.05) is 0 Å². The first kappa shape index (κ1) is 18.7. The van der Waals surface area contributed by atoms with Crippen LogP contribution in [0.4, 0.5) is 18.0 Å². The monoisotopic (exact) mass is 344 g/mol. The molecule has 1 rings (SSSR count). The highest BCUT2D eigenvalue weighted by atomic mass is 32.2. The zero-order chi connectivity index (χ0) is 17.2. The summed E-state index contributed by atoms with van der Waals surface area (Å²) in [5.74, 6) is -2.67. The Morgan fingerprint density at radius 2 is 1.68 bits per heavy atom. The molecule has 0 unspecified atom stereocenters. The van der Waals surface area contributed by atoms with Crippen molar-refractivity contribution in [3.8, 4) is 0 Å². The highest BCUT2D eigenvalue weighted by Crippen LogP contribution is 2.21. The van der Waals surface area contributed by atoms with Crippen molar-refractivity contribution >= 4 is 21.7 Å².